The molecule has 0 unspecified atom stereocenters. The molecular weight excluding hydrogens is 308 g/mol. The molecule has 24 heavy (non-hydrogen) atoms. The van der Waals surface area contributed by atoms with Crippen molar-refractivity contribution in [1.29, 1.82) is 0 Å². The summed E-state index contributed by atoms with van der Waals surface area (Å²) in [4.78, 5) is 18.2. The molecule has 1 atom stereocenters. The zero-order valence-corrected chi connectivity index (χ0v) is 13.5. The number of rotatable bonds is 6. The molecule has 1 aromatic heterocycles. The molecule has 1 amide bonds. The molecule has 1 fully saturated rings. The van der Waals surface area contributed by atoms with Crippen LogP contribution in [0.5, 0.6) is 0 Å². The maximum Gasteiger partial charge on any atom is 0.246 e. The van der Waals surface area contributed by atoms with E-state index in [9.17, 15) is 9.90 Å². The van der Waals surface area contributed by atoms with Crippen molar-refractivity contribution in [3.05, 3.63) is 47.6 Å². The molecular formula is C17H22N4O3. The summed E-state index contributed by atoms with van der Waals surface area (Å²) in [5, 5.41) is 16.3. The molecule has 7 heteroatoms. The van der Waals surface area contributed by atoms with Crippen molar-refractivity contribution in [3.8, 4) is 0 Å². The van der Waals surface area contributed by atoms with Gasteiger partial charge in [-0.3, -0.25) is 9.69 Å². The van der Waals surface area contributed by atoms with Crippen LogP contribution >= 0.6 is 0 Å². The van der Waals surface area contributed by atoms with Crippen LogP contribution in [-0.4, -0.2) is 51.8 Å². The van der Waals surface area contributed by atoms with Crippen molar-refractivity contribution in [2.24, 2.45) is 0 Å². The summed E-state index contributed by atoms with van der Waals surface area (Å²) in [5.74, 6) is 0.893. The van der Waals surface area contributed by atoms with Gasteiger partial charge in [0.15, 0.2) is 5.82 Å². The lowest BCUT2D eigenvalue weighted by molar-refractivity contribution is -0.123. The van der Waals surface area contributed by atoms with Crippen LogP contribution in [-0.2, 0) is 17.8 Å². The molecule has 0 saturated carbocycles. The van der Waals surface area contributed by atoms with Gasteiger partial charge in [-0.25, -0.2) is 0 Å². The topological polar surface area (TPSA) is 91.5 Å². The number of hydrogen-bond donors (Lipinski definition) is 2. The van der Waals surface area contributed by atoms with Gasteiger partial charge in [0.2, 0.25) is 11.8 Å². The first kappa shape index (κ1) is 16.6. The number of nitrogens with zero attached hydrogens (tertiary/aromatic N) is 3. The zero-order chi connectivity index (χ0) is 16.8. The van der Waals surface area contributed by atoms with Gasteiger partial charge in [-0.1, -0.05) is 35.5 Å². The molecule has 1 aromatic carbocycles. The fourth-order valence-corrected chi connectivity index (χ4v) is 2.82. The lowest BCUT2D eigenvalue weighted by atomic mass is 10.1. The van der Waals surface area contributed by atoms with Gasteiger partial charge >= 0.3 is 0 Å². The highest BCUT2D eigenvalue weighted by molar-refractivity contribution is 5.77. The Morgan fingerprint density at radius 1 is 1.38 bits per heavy atom. The molecule has 128 valence electrons. The van der Waals surface area contributed by atoms with E-state index in [4.69, 9.17) is 4.52 Å². The molecule has 1 saturated heterocycles. The SMILES string of the molecule is O=C(CN1CCC[C@H](O)C1)NCc1nc(Cc2ccccc2)no1. The number of likely N-dealkylation sites (tertiary alicyclic amines) is 1. The van der Waals surface area contributed by atoms with E-state index in [0.29, 0.717) is 24.7 Å². The first-order chi connectivity index (χ1) is 11.7. The van der Waals surface area contributed by atoms with E-state index in [0.717, 1.165) is 24.9 Å². The number of β-amino-alcohol motifs (C(OH)–C–C–N with tert-alkyl or cyclic N) is 1. The van der Waals surface area contributed by atoms with E-state index >= 15 is 0 Å². The van der Waals surface area contributed by atoms with Gasteiger partial charge in [-0.05, 0) is 24.9 Å². The third kappa shape index (κ3) is 4.87. The number of piperidine rings is 1. The first-order valence-electron chi connectivity index (χ1n) is 8.21. The fourth-order valence-electron chi connectivity index (χ4n) is 2.82. The number of hydrogen-bond acceptors (Lipinski definition) is 6. The average Bonchev–Trinajstić information content (AvgIpc) is 3.01. The van der Waals surface area contributed by atoms with Crippen molar-refractivity contribution in [3.63, 3.8) is 0 Å². The lowest BCUT2D eigenvalue weighted by Crippen LogP contribution is -2.44. The van der Waals surface area contributed by atoms with Crippen LogP contribution in [0.1, 0.15) is 30.1 Å². The predicted octanol–water partition coefficient (Wildman–Crippen LogP) is 0.733. The number of carbonyl (C=O) groups is 1. The van der Waals surface area contributed by atoms with Gasteiger partial charge in [-0.15, -0.1) is 0 Å². The highest BCUT2D eigenvalue weighted by Gasteiger charge is 2.19. The summed E-state index contributed by atoms with van der Waals surface area (Å²) >= 11 is 0. The van der Waals surface area contributed by atoms with Gasteiger partial charge in [0.05, 0.1) is 19.2 Å². The molecule has 1 aliphatic heterocycles. The van der Waals surface area contributed by atoms with E-state index in [-0.39, 0.29) is 25.1 Å². The Morgan fingerprint density at radius 2 is 2.21 bits per heavy atom. The first-order valence-corrected chi connectivity index (χ1v) is 8.21. The standard InChI is InChI=1S/C17H22N4O3/c22-14-7-4-8-21(11-14)12-16(23)18-10-17-19-15(20-24-17)9-13-5-2-1-3-6-13/h1-3,5-6,14,22H,4,7-12H2,(H,18,23)/t14-/m0/s1. The maximum atomic E-state index is 12.0. The van der Waals surface area contributed by atoms with Crippen molar-refractivity contribution in [2.45, 2.75) is 31.9 Å². The number of aliphatic hydroxyl groups is 1. The number of carbonyl (C=O) groups excluding carboxylic acids is 1. The van der Waals surface area contributed by atoms with Crippen molar-refractivity contribution < 1.29 is 14.4 Å². The Bertz CT molecular complexity index is 659. The number of aliphatic hydroxyl groups excluding tert-OH is 1. The summed E-state index contributed by atoms with van der Waals surface area (Å²) in [7, 11) is 0. The van der Waals surface area contributed by atoms with Crippen molar-refractivity contribution >= 4 is 5.91 Å². The molecule has 0 aliphatic carbocycles. The van der Waals surface area contributed by atoms with E-state index in [2.05, 4.69) is 15.5 Å². The smallest absolute Gasteiger partial charge is 0.246 e. The van der Waals surface area contributed by atoms with Crippen LogP contribution in [0.25, 0.3) is 0 Å². The second-order valence-electron chi connectivity index (χ2n) is 6.07. The summed E-state index contributed by atoms with van der Waals surface area (Å²) in [6.45, 7) is 1.89. The second kappa shape index (κ2) is 8.03. The van der Waals surface area contributed by atoms with Crippen LogP contribution in [0.2, 0.25) is 0 Å². The third-order valence-electron chi connectivity index (χ3n) is 4.00. The normalized spacial score (nSPS) is 18.5. The Kier molecular flexibility index (Phi) is 5.55. The molecule has 0 spiro atoms. The molecule has 2 aromatic rings. The minimum absolute atomic E-state index is 0.105. The van der Waals surface area contributed by atoms with Gasteiger partial charge in [0.25, 0.3) is 0 Å². The summed E-state index contributed by atoms with van der Waals surface area (Å²) in [5.41, 5.74) is 1.11. The molecule has 1 aliphatic rings. The summed E-state index contributed by atoms with van der Waals surface area (Å²) in [6.07, 6.45) is 2.00. The van der Waals surface area contributed by atoms with Crippen LogP contribution < -0.4 is 5.32 Å². The van der Waals surface area contributed by atoms with Gasteiger partial charge < -0.3 is 14.9 Å². The van der Waals surface area contributed by atoms with Crippen molar-refractivity contribution in [2.75, 3.05) is 19.6 Å². The number of nitrogens with one attached hydrogen (secondary N) is 1. The molecule has 0 bridgehead atoms. The zero-order valence-electron chi connectivity index (χ0n) is 13.5. The number of aromatic nitrogens is 2. The summed E-state index contributed by atoms with van der Waals surface area (Å²) in [6, 6.07) is 9.90. The van der Waals surface area contributed by atoms with E-state index < -0.39 is 0 Å². The Labute approximate surface area is 140 Å². The fraction of sp³-hybridized carbons (Fsp3) is 0.471. The number of benzene rings is 1. The van der Waals surface area contributed by atoms with Crippen LogP contribution in [0.4, 0.5) is 0 Å². The van der Waals surface area contributed by atoms with Crippen LogP contribution in [0.3, 0.4) is 0 Å². The second-order valence-corrected chi connectivity index (χ2v) is 6.07. The van der Waals surface area contributed by atoms with Crippen LogP contribution in [0, 0.1) is 0 Å². The van der Waals surface area contributed by atoms with Crippen molar-refractivity contribution in [1.82, 2.24) is 20.4 Å². The summed E-state index contributed by atoms with van der Waals surface area (Å²) < 4.78 is 5.16. The molecule has 2 N–H and O–H groups in total. The minimum atomic E-state index is -0.331. The van der Waals surface area contributed by atoms with E-state index in [1.165, 1.54) is 0 Å². The van der Waals surface area contributed by atoms with Gasteiger partial charge in [0, 0.05) is 13.0 Å². The van der Waals surface area contributed by atoms with E-state index in [1.54, 1.807) is 0 Å². The maximum absolute atomic E-state index is 12.0. The number of amides is 1. The quantitative estimate of drug-likeness (QED) is 0.811. The van der Waals surface area contributed by atoms with Gasteiger partial charge in [0.1, 0.15) is 0 Å². The highest BCUT2D eigenvalue weighted by Crippen LogP contribution is 2.09. The third-order valence-corrected chi connectivity index (χ3v) is 4.00. The van der Waals surface area contributed by atoms with Crippen LogP contribution in [0.15, 0.2) is 34.9 Å². The average molecular weight is 330 g/mol. The molecule has 2 heterocycles. The highest BCUT2D eigenvalue weighted by atomic mass is 16.5. The van der Waals surface area contributed by atoms with E-state index in [1.807, 2.05) is 35.2 Å². The minimum Gasteiger partial charge on any atom is -0.392 e. The molecule has 7 nitrogen and oxygen atoms in total. The van der Waals surface area contributed by atoms with Gasteiger partial charge in [-0.2, -0.15) is 4.98 Å². The Morgan fingerprint density at radius 3 is 3.00 bits per heavy atom. The lowest BCUT2D eigenvalue weighted by Gasteiger charge is -2.29. The molecule has 3 rings (SSSR count). The molecule has 0 radical (unpaired) electrons. The predicted molar refractivity (Wildman–Crippen MR) is 87.1 cm³/mol. The Balaban J connectivity index is 1.44. The Hall–Kier alpha value is -2.25. The largest absolute Gasteiger partial charge is 0.392 e. The monoisotopic (exact) mass is 330 g/mol.